The van der Waals surface area contributed by atoms with Crippen LogP contribution in [0.15, 0.2) is 46.4 Å². The number of piperidine rings is 1. The predicted molar refractivity (Wildman–Crippen MR) is 101 cm³/mol. The molecule has 0 bridgehead atoms. The number of hydrogen-bond acceptors (Lipinski definition) is 4. The lowest BCUT2D eigenvalue weighted by Gasteiger charge is -2.39. The van der Waals surface area contributed by atoms with Crippen LogP contribution in [0.3, 0.4) is 0 Å². The van der Waals surface area contributed by atoms with Crippen molar-refractivity contribution in [3.05, 3.63) is 47.5 Å². The third kappa shape index (κ3) is 3.53. The summed E-state index contributed by atoms with van der Waals surface area (Å²) in [6, 6.07) is 3.47. The molecule has 3 aliphatic rings. The Labute approximate surface area is 169 Å². The van der Waals surface area contributed by atoms with Crippen molar-refractivity contribution in [2.75, 3.05) is 13.1 Å². The summed E-state index contributed by atoms with van der Waals surface area (Å²) in [7, 11) is 0. The number of allylic oxidation sites excluding steroid dienone is 1. The molecule has 1 unspecified atom stereocenters. The first kappa shape index (κ1) is 20.0. The van der Waals surface area contributed by atoms with Gasteiger partial charge in [0.15, 0.2) is 0 Å². The third-order valence-corrected chi connectivity index (χ3v) is 5.37. The molecule has 1 fully saturated rings. The van der Waals surface area contributed by atoms with Crippen molar-refractivity contribution >= 4 is 29.9 Å². The van der Waals surface area contributed by atoms with Crippen LogP contribution in [0.1, 0.15) is 28.8 Å². The first-order chi connectivity index (χ1) is 14.3. The van der Waals surface area contributed by atoms with Crippen LogP contribution in [0.5, 0.6) is 0 Å². The molecule has 1 atom stereocenters. The number of likely N-dealkylation sites (tertiary alicyclic amines) is 1. The minimum absolute atomic E-state index is 0.127. The van der Waals surface area contributed by atoms with Crippen LogP contribution in [0.25, 0.3) is 0 Å². The largest absolute Gasteiger partial charge is 0.417 e. The molecule has 30 heavy (non-hydrogen) atoms. The number of hydrogen-bond donors (Lipinski definition) is 0. The van der Waals surface area contributed by atoms with E-state index in [4.69, 9.17) is 0 Å². The number of amides is 4. The third-order valence-electron chi connectivity index (χ3n) is 5.37. The van der Waals surface area contributed by atoms with E-state index < -0.39 is 47.1 Å². The van der Waals surface area contributed by atoms with E-state index in [0.717, 1.165) is 17.0 Å². The molecule has 0 aliphatic carbocycles. The Balaban J connectivity index is 1.47. The molecule has 1 aromatic rings. The molecule has 0 aromatic heterocycles. The molecule has 1 saturated heterocycles. The average molecular weight is 418 g/mol. The molecule has 7 nitrogen and oxygen atoms in total. The number of benzene rings is 1. The van der Waals surface area contributed by atoms with Gasteiger partial charge in [0.1, 0.15) is 11.8 Å². The second-order valence-corrected chi connectivity index (χ2v) is 7.17. The van der Waals surface area contributed by atoms with E-state index in [1.54, 1.807) is 12.2 Å². The van der Waals surface area contributed by atoms with Gasteiger partial charge in [-0.25, -0.2) is 9.79 Å². The fraction of sp³-hybridized carbons (Fsp3) is 0.350. The lowest BCUT2D eigenvalue weighted by Crippen LogP contribution is -2.54. The van der Waals surface area contributed by atoms with Crippen molar-refractivity contribution in [3.8, 4) is 0 Å². The number of carbonyl (C=O) groups is 3. The van der Waals surface area contributed by atoms with E-state index in [-0.39, 0.29) is 31.8 Å². The number of halogens is 3. The summed E-state index contributed by atoms with van der Waals surface area (Å²) < 4.78 is 39.7. The highest BCUT2D eigenvalue weighted by atomic mass is 19.4. The van der Waals surface area contributed by atoms with Gasteiger partial charge in [0.25, 0.3) is 5.91 Å². The van der Waals surface area contributed by atoms with Crippen molar-refractivity contribution in [2.45, 2.75) is 25.1 Å². The van der Waals surface area contributed by atoms with Crippen LogP contribution < -0.4 is 0 Å². The van der Waals surface area contributed by atoms with Crippen molar-refractivity contribution in [1.82, 2.24) is 9.80 Å². The van der Waals surface area contributed by atoms with E-state index in [1.807, 2.05) is 0 Å². The number of carbonyl (C=O) groups excluding carboxylic acids is 3. The summed E-state index contributed by atoms with van der Waals surface area (Å²) in [5.41, 5.74) is -1.39. The monoisotopic (exact) mass is 418 g/mol. The SMILES string of the molecule is O=C(c1ccccc1C(F)(F)F)N1CCC(N2C(=O)N=C3N=CC=CC3C2=O)CC1. The van der Waals surface area contributed by atoms with Gasteiger partial charge in [0, 0.05) is 25.3 Å². The lowest BCUT2D eigenvalue weighted by atomic mass is 9.97. The summed E-state index contributed by atoms with van der Waals surface area (Å²) in [6.07, 6.45) is 0.566. The average Bonchev–Trinajstić information content (AvgIpc) is 2.73. The zero-order valence-electron chi connectivity index (χ0n) is 15.7. The van der Waals surface area contributed by atoms with Gasteiger partial charge in [0.2, 0.25) is 5.91 Å². The number of rotatable bonds is 2. The Morgan fingerprint density at radius 2 is 1.80 bits per heavy atom. The van der Waals surface area contributed by atoms with Gasteiger partial charge in [-0.3, -0.25) is 14.5 Å². The number of amidine groups is 1. The Kier molecular flexibility index (Phi) is 5.00. The highest BCUT2D eigenvalue weighted by Gasteiger charge is 2.42. The highest BCUT2D eigenvalue weighted by molar-refractivity contribution is 6.19. The van der Waals surface area contributed by atoms with Gasteiger partial charge >= 0.3 is 12.2 Å². The second kappa shape index (κ2) is 7.51. The molecule has 0 saturated carbocycles. The summed E-state index contributed by atoms with van der Waals surface area (Å²) >= 11 is 0. The van der Waals surface area contributed by atoms with E-state index in [0.29, 0.717) is 0 Å². The topological polar surface area (TPSA) is 82.4 Å². The number of dihydropyridines is 1. The van der Waals surface area contributed by atoms with Crippen LogP contribution in [0, 0.1) is 5.92 Å². The Bertz CT molecular complexity index is 991. The quantitative estimate of drug-likeness (QED) is 0.741. The minimum atomic E-state index is -4.64. The predicted octanol–water partition coefficient (Wildman–Crippen LogP) is 2.93. The van der Waals surface area contributed by atoms with Gasteiger partial charge in [-0.05, 0) is 31.1 Å². The number of nitrogens with zero attached hydrogens (tertiary/aromatic N) is 4. The van der Waals surface area contributed by atoms with Crippen LogP contribution >= 0.6 is 0 Å². The number of alkyl halides is 3. The van der Waals surface area contributed by atoms with E-state index in [9.17, 15) is 27.6 Å². The summed E-state index contributed by atoms with van der Waals surface area (Å²) in [5.74, 6) is -1.71. The minimum Gasteiger partial charge on any atom is -0.338 e. The molecule has 0 N–H and O–H groups in total. The highest BCUT2D eigenvalue weighted by Crippen LogP contribution is 2.33. The van der Waals surface area contributed by atoms with Gasteiger partial charge in [0.05, 0.1) is 11.1 Å². The van der Waals surface area contributed by atoms with E-state index >= 15 is 0 Å². The Morgan fingerprint density at radius 1 is 1.10 bits per heavy atom. The van der Waals surface area contributed by atoms with Crippen molar-refractivity contribution in [2.24, 2.45) is 15.9 Å². The van der Waals surface area contributed by atoms with Crippen molar-refractivity contribution in [3.63, 3.8) is 0 Å². The number of urea groups is 1. The van der Waals surface area contributed by atoms with Crippen molar-refractivity contribution < 1.29 is 27.6 Å². The summed E-state index contributed by atoms with van der Waals surface area (Å²) in [4.78, 5) is 48.1. The number of imide groups is 1. The maximum Gasteiger partial charge on any atom is 0.417 e. The maximum atomic E-state index is 13.2. The Morgan fingerprint density at radius 3 is 2.50 bits per heavy atom. The summed E-state index contributed by atoms with van der Waals surface area (Å²) in [6.45, 7) is 0.254. The molecule has 10 heteroatoms. The van der Waals surface area contributed by atoms with Gasteiger partial charge in [-0.15, -0.1) is 0 Å². The normalized spacial score (nSPS) is 22.2. The zero-order chi connectivity index (χ0) is 21.5. The smallest absolute Gasteiger partial charge is 0.338 e. The maximum absolute atomic E-state index is 13.2. The molecule has 4 amide bonds. The van der Waals surface area contributed by atoms with Crippen LogP contribution in [-0.2, 0) is 11.0 Å². The molecular formula is C20H17F3N4O3. The van der Waals surface area contributed by atoms with Crippen molar-refractivity contribution in [1.29, 1.82) is 0 Å². The van der Waals surface area contributed by atoms with E-state index in [2.05, 4.69) is 9.98 Å². The molecule has 1 aromatic carbocycles. The second-order valence-electron chi connectivity index (χ2n) is 7.17. The molecule has 4 rings (SSSR count). The lowest BCUT2D eigenvalue weighted by molar-refractivity contribution is -0.138. The molecule has 0 spiro atoms. The molecule has 3 aliphatic heterocycles. The fourth-order valence-electron chi connectivity index (χ4n) is 3.88. The van der Waals surface area contributed by atoms with Gasteiger partial charge < -0.3 is 4.90 Å². The molecule has 156 valence electrons. The number of aliphatic imine (C=N–C) groups is 2. The first-order valence-electron chi connectivity index (χ1n) is 9.39. The van der Waals surface area contributed by atoms with E-state index in [1.165, 1.54) is 23.2 Å². The van der Waals surface area contributed by atoms with Crippen LogP contribution in [0.4, 0.5) is 18.0 Å². The standard InChI is InChI=1S/C20H17F3N4O3/c21-20(22,23)15-6-2-1-4-13(15)17(28)26-10-7-12(8-11-26)27-18(29)14-5-3-9-24-16(14)25-19(27)30/h1-6,9,12,14H,7-8,10-11H2. The van der Waals surface area contributed by atoms with Gasteiger partial charge in [-0.1, -0.05) is 18.2 Å². The number of fused-ring (bicyclic) bond motifs is 1. The summed E-state index contributed by atoms with van der Waals surface area (Å²) in [5, 5.41) is 0. The fourth-order valence-corrected chi connectivity index (χ4v) is 3.88. The van der Waals surface area contributed by atoms with Crippen LogP contribution in [-0.4, -0.2) is 58.8 Å². The Hall–Kier alpha value is -3.30. The zero-order valence-corrected chi connectivity index (χ0v) is 15.7. The van der Waals surface area contributed by atoms with Gasteiger partial charge in [-0.2, -0.15) is 18.2 Å². The molecule has 3 heterocycles. The molecule has 0 radical (unpaired) electrons. The first-order valence-corrected chi connectivity index (χ1v) is 9.39. The molecular weight excluding hydrogens is 401 g/mol. The van der Waals surface area contributed by atoms with Crippen LogP contribution in [0.2, 0.25) is 0 Å².